The van der Waals surface area contributed by atoms with Gasteiger partial charge in [0.05, 0.1) is 11.8 Å². The van der Waals surface area contributed by atoms with Gasteiger partial charge in [-0.1, -0.05) is 12.1 Å². The van der Waals surface area contributed by atoms with Gasteiger partial charge in [-0.25, -0.2) is 23.7 Å². The van der Waals surface area contributed by atoms with Crippen molar-refractivity contribution in [3.05, 3.63) is 78.5 Å². The molecule has 6 nitrogen and oxygen atoms in total. The van der Waals surface area contributed by atoms with Gasteiger partial charge in [-0.15, -0.1) is 0 Å². The van der Waals surface area contributed by atoms with Gasteiger partial charge >= 0.3 is 0 Å². The molecule has 8 heteroatoms. The van der Waals surface area contributed by atoms with Crippen LogP contribution in [0.5, 0.6) is 0 Å². The van der Waals surface area contributed by atoms with Crippen molar-refractivity contribution < 1.29 is 8.78 Å². The standard InChI is InChI=1S/C22H16F2N6/c23-15-3-1-2-13(8-15)19-14(10-26-18-5-4-16(24)9-17(18)19)6-7-25-21-20-22(28-11-27-20)30-12-29-21/h1-5,8-12H,6-7H2,(H2,25,27,28,29,30). The van der Waals surface area contributed by atoms with E-state index in [1.807, 2.05) is 6.07 Å². The van der Waals surface area contributed by atoms with E-state index in [0.29, 0.717) is 46.4 Å². The van der Waals surface area contributed by atoms with Crippen LogP contribution < -0.4 is 5.32 Å². The van der Waals surface area contributed by atoms with Crippen molar-refractivity contribution in [1.82, 2.24) is 24.9 Å². The van der Waals surface area contributed by atoms with Crippen LogP contribution in [0.15, 0.2) is 61.3 Å². The van der Waals surface area contributed by atoms with Gasteiger partial charge in [0.25, 0.3) is 0 Å². The van der Waals surface area contributed by atoms with Crippen molar-refractivity contribution in [1.29, 1.82) is 0 Å². The van der Waals surface area contributed by atoms with E-state index in [2.05, 4.69) is 30.2 Å². The highest BCUT2D eigenvalue weighted by atomic mass is 19.1. The van der Waals surface area contributed by atoms with Gasteiger partial charge in [0.1, 0.15) is 23.5 Å². The van der Waals surface area contributed by atoms with Crippen molar-refractivity contribution in [3.63, 3.8) is 0 Å². The van der Waals surface area contributed by atoms with Gasteiger partial charge in [-0.2, -0.15) is 0 Å². The Bertz CT molecular complexity index is 1360. The molecule has 3 aromatic heterocycles. The molecule has 0 bridgehead atoms. The number of pyridine rings is 1. The molecule has 3 heterocycles. The van der Waals surface area contributed by atoms with Gasteiger partial charge < -0.3 is 10.3 Å². The van der Waals surface area contributed by atoms with Crippen LogP contribution in [0.3, 0.4) is 0 Å². The van der Waals surface area contributed by atoms with Crippen LogP contribution in [0.4, 0.5) is 14.6 Å². The Balaban J connectivity index is 1.52. The van der Waals surface area contributed by atoms with Gasteiger partial charge in [-0.05, 0) is 53.4 Å². The highest BCUT2D eigenvalue weighted by Gasteiger charge is 2.13. The largest absolute Gasteiger partial charge is 0.368 e. The molecule has 0 atom stereocenters. The molecule has 5 aromatic rings. The Morgan fingerprint density at radius 3 is 2.73 bits per heavy atom. The Hall–Kier alpha value is -3.94. The maximum Gasteiger partial charge on any atom is 0.162 e. The van der Waals surface area contributed by atoms with E-state index < -0.39 is 0 Å². The molecule has 30 heavy (non-hydrogen) atoms. The van der Waals surface area contributed by atoms with Crippen LogP contribution in [0, 0.1) is 11.6 Å². The van der Waals surface area contributed by atoms with Crippen LogP contribution in [-0.4, -0.2) is 31.5 Å². The Morgan fingerprint density at radius 1 is 0.933 bits per heavy atom. The average molecular weight is 402 g/mol. The molecule has 2 N–H and O–H groups in total. The summed E-state index contributed by atoms with van der Waals surface area (Å²) in [5, 5.41) is 3.91. The maximum atomic E-state index is 14.0. The van der Waals surface area contributed by atoms with Crippen LogP contribution in [-0.2, 0) is 6.42 Å². The Morgan fingerprint density at radius 2 is 1.83 bits per heavy atom. The molecular formula is C22H16F2N6. The second-order valence-electron chi connectivity index (χ2n) is 6.83. The van der Waals surface area contributed by atoms with E-state index in [1.54, 1.807) is 24.7 Å². The zero-order valence-corrected chi connectivity index (χ0v) is 15.7. The topological polar surface area (TPSA) is 79.4 Å². The number of fused-ring (bicyclic) bond motifs is 2. The normalized spacial score (nSPS) is 11.3. The molecule has 5 rings (SSSR count). The zero-order chi connectivity index (χ0) is 20.5. The molecule has 0 aliphatic carbocycles. The maximum absolute atomic E-state index is 14.0. The van der Waals surface area contributed by atoms with E-state index in [0.717, 1.165) is 11.1 Å². The molecule has 2 aromatic carbocycles. The number of halogens is 2. The molecule has 0 amide bonds. The molecule has 0 aliphatic rings. The lowest BCUT2D eigenvalue weighted by atomic mass is 9.94. The molecule has 0 radical (unpaired) electrons. The van der Waals surface area contributed by atoms with Crippen molar-refractivity contribution in [3.8, 4) is 11.1 Å². The number of anilines is 1. The van der Waals surface area contributed by atoms with E-state index in [4.69, 9.17) is 0 Å². The zero-order valence-electron chi connectivity index (χ0n) is 15.7. The SMILES string of the molecule is Fc1cccc(-c2c(CCNc3ncnc4[nH]cnc34)cnc3ccc(F)cc23)c1. The van der Waals surface area contributed by atoms with Gasteiger partial charge in [0, 0.05) is 18.1 Å². The first-order chi connectivity index (χ1) is 14.7. The third-order valence-corrected chi connectivity index (χ3v) is 4.93. The van der Waals surface area contributed by atoms with E-state index in [1.165, 1.54) is 30.6 Å². The fourth-order valence-electron chi connectivity index (χ4n) is 3.59. The number of aromatic amines is 1. The molecular weight excluding hydrogens is 386 g/mol. The quantitative estimate of drug-likeness (QED) is 0.453. The van der Waals surface area contributed by atoms with Crippen LogP contribution in [0.1, 0.15) is 5.56 Å². The van der Waals surface area contributed by atoms with Crippen LogP contribution >= 0.6 is 0 Å². The molecule has 0 spiro atoms. The third kappa shape index (κ3) is 3.32. The fraction of sp³-hybridized carbons (Fsp3) is 0.0909. The summed E-state index contributed by atoms with van der Waals surface area (Å²) >= 11 is 0. The minimum Gasteiger partial charge on any atom is -0.368 e. The number of nitrogens with one attached hydrogen (secondary N) is 2. The minimum absolute atomic E-state index is 0.347. The summed E-state index contributed by atoms with van der Waals surface area (Å²) in [5.74, 6) is -0.0904. The summed E-state index contributed by atoms with van der Waals surface area (Å²) in [6.45, 7) is 0.532. The van der Waals surface area contributed by atoms with Gasteiger partial charge in [0.15, 0.2) is 11.5 Å². The van der Waals surface area contributed by atoms with Crippen molar-refractivity contribution in [2.24, 2.45) is 0 Å². The van der Waals surface area contributed by atoms with Crippen molar-refractivity contribution in [2.75, 3.05) is 11.9 Å². The summed E-state index contributed by atoms with van der Waals surface area (Å²) in [5.41, 5.74) is 4.28. The molecule has 148 valence electrons. The predicted molar refractivity (Wildman–Crippen MR) is 111 cm³/mol. The highest BCUT2D eigenvalue weighted by molar-refractivity contribution is 5.96. The summed E-state index contributed by atoms with van der Waals surface area (Å²) in [6.07, 6.45) is 5.35. The van der Waals surface area contributed by atoms with E-state index in [9.17, 15) is 8.78 Å². The first kappa shape index (κ1) is 18.1. The number of hydrogen-bond acceptors (Lipinski definition) is 5. The smallest absolute Gasteiger partial charge is 0.162 e. The van der Waals surface area contributed by atoms with E-state index in [-0.39, 0.29) is 11.6 Å². The first-order valence-corrected chi connectivity index (χ1v) is 9.40. The minimum atomic E-state index is -0.362. The molecule has 0 fully saturated rings. The fourth-order valence-corrected chi connectivity index (χ4v) is 3.59. The number of benzene rings is 2. The summed E-state index contributed by atoms with van der Waals surface area (Å²) in [4.78, 5) is 20.0. The van der Waals surface area contributed by atoms with Crippen molar-refractivity contribution >= 4 is 27.9 Å². The number of H-pyrrole nitrogens is 1. The second kappa shape index (κ2) is 7.47. The summed E-state index contributed by atoms with van der Waals surface area (Å²) in [7, 11) is 0. The highest BCUT2D eigenvalue weighted by Crippen LogP contribution is 2.32. The Kier molecular flexibility index (Phi) is 4.51. The summed E-state index contributed by atoms with van der Waals surface area (Å²) in [6, 6.07) is 10.7. The Labute approximate surface area is 170 Å². The average Bonchev–Trinajstić information content (AvgIpc) is 3.23. The lowest BCUT2D eigenvalue weighted by molar-refractivity contribution is 0.628. The number of aromatic nitrogens is 5. The second-order valence-corrected chi connectivity index (χ2v) is 6.83. The van der Waals surface area contributed by atoms with Gasteiger partial charge in [-0.3, -0.25) is 4.98 Å². The number of nitrogens with zero attached hydrogens (tertiary/aromatic N) is 4. The van der Waals surface area contributed by atoms with E-state index >= 15 is 0 Å². The molecule has 0 saturated heterocycles. The molecule has 0 saturated carbocycles. The lowest BCUT2D eigenvalue weighted by Crippen LogP contribution is -2.08. The lowest BCUT2D eigenvalue weighted by Gasteiger charge is -2.14. The molecule has 0 aliphatic heterocycles. The number of imidazole rings is 1. The van der Waals surface area contributed by atoms with Crippen LogP contribution in [0.25, 0.3) is 33.2 Å². The summed E-state index contributed by atoms with van der Waals surface area (Å²) < 4.78 is 27.9. The molecule has 0 unspecified atom stereocenters. The monoisotopic (exact) mass is 402 g/mol. The predicted octanol–water partition coefficient (Wildman–Crippen LogP) is 4.50. The van der Waals surface area contributed by atoms with Gasteiger partial charge in [0.2, 0.25) is 0 Å². The van der Waals surface area contributed by atoms with Crippen LogP contribution in [0.2, 0.25) is 0 Å². The first-order valence-electron chi connectivity index (χ1n) is 9.40. The third-order valence-electron chi connectivity index (χ3n) is 4.93. The van der Waals surface area contributed by atoms with Crippen molar-refractivity contribution in [2.45, 2.75) is 6.42 Å². The number of hydrogen-bond donors (Lipinski definition) is 2. The number of rotatable bonds is 5.